The molecule has 116 valence electrons. The predicted molar refractivity (Wildman–Crippen MR) is 91.1 cm³/mol. The third-order valence-corrected chi connectivity index (χ3v) is 4.48. The number of primary sulfonamides is 1. The summed E-state index contributed by atoms with van der Waals surface area (Å²) in [4.78, 5) is 11.8. The Labute approximate surface area is 141 Å². The van der Waals surface area contributed by atoms with Crippen LogP contribution in [0.15, 0.2) is 53.4 Å². The number of benzene rings is 2. The van der Waals surface area contributed by atoms with Crippen LogP contribution in [0.4, 0.5) is 5.69 Å². The van der Waals surface area contributed by atoms with Gasteiger partial charge in [-0.25, -0.2) is 13.6 Å². The van der Waals surface area contributed by atoms with Gasteiger partial charge in [-0.3, -0.25) is 4.79 Å². The fraction of sp³-hybridized carbons (Fsp3) is 0.0714. The summed E-state index contributed by atoms with van der Waals surface area (Å²) in [6.07, 6.45) is 0. The molecule has 0 aliphatic carbocycles. The zero-order chi connectivity index (χ0) is 16.2. The number of para-hydroxylation sites is 1. The van der Waals surface area contributed by atoms with E-state index in [0.29, 0.717) is 11.4 Å². The second-order valence-corrected chi connectivity index (χ2v) is 7.06. The molecule has 3 N–H and O–H groups in total. The van der Waals surface area contributed by atoms with Gasteiger partial charge in [-0.1, -0.05) is 12.1 Å². The lowest BCUT2D eigenvalue weighted by Gasteiger charge is -2.09. The van der Waals surface area contributed by atoms with E-state index in [9.17, 15) is 13.2 Å². The molecule has 22 heavy (non-hydrogen) atoms. The van der Waals surface area contributed by atoms with E-state index in [1.807, 2.05) is 18.2 Å². The lowest BCUT2D eigenvalue weighted by Crippen LogP contribution is -2.20. The number of anilines is 1. The van der Waals surface area contributed by atoms with Crippen molar-refractivity contribution in [1.29, 1.82) is 0 Å². The SMILES string of the molecule is NS(=O)(=O)c1ccc(NC(=O)COc2ccccc2I)cc1. The summed E-state index contributed by atoms with van der Waals surface area (Å²) in [6.45, 7) is -0.142. The molecular weight excluding hydrogens is 419 g/mol. The largest absolute Gasteiger partial charge is 0.483 e. The molecule has 0 aliphatic rings. The molecule has 0 spiro atoms. The normalized spacial score (nSPS) is 11.0. The highest BCUT2D eigenvalue weighted by Gasteiger charge is 2.09. The van der Waals surface area contributed by atoms with Gasteiger partial charge in [0.1, 0.15) is 5.75 Å². The molecule has 2 aromatic carbocycles. The molecule has 2 aromatic rings. The third kappa shape index (κ3) is 4.68. The van der Waals surface area contributed by atoms with Crippen molar-refractivity contribution in [2.75, 3.05) is 11.9 Å². The van der Waals surface area contributed by atoms with Crippen LogP contribution in [0.2, 0.25) is 0 Å². The van der Waals surface area contributed by atoms with E-state index >= 15 is 0 Å². The first-order valence-electron chi connectivity index (χ1n) is 6.16. The molecule has 0 saturated heterocycles. The Morgan fingerprint density at radius 1 is 1.14 bits per heavy atom. The fourth-order valence-electron chi connectivity index (χ4n) is 1.63. The van der Waals surface area contributed by atoms with E-state index in [2.05, 4.69) is 27.9 Å². The Bertz CT molecular complexity index is 776. The van der Waals surface area contributed by atoms with Gasteiger partial charge < -0.3 is 10.1 Å². The molecule has 0 radical (unpaired) electrons. The van der Waals surface area contributed by atoms with E-state index in [1.165, 1.54) is 24.3 Å². The lowest BCUT2D eigenvalue weighted by atomic mass is 10.3. The van der Waals surface area contributed by atoms with E-state index < -0.39 is 10.0 Å². The fourth-order valence-corrected chi connectivity index (χ4v) is 2.69. The van der Waals surface area contributed by atoms with Crippen LogP contribution in [0.25, 0.3) is 0 Å². The monoisotopic (exact) mass is 432 g/mol. The van der Waals surface area contributed by atoms with Gasteiger partial charge in [-0.2, -0.15) is 0 Å². The van der Waals surface area contributed by atoms with Crippen LogP contribution in [0, 0.1) is 3.57 Å². The number of nitrogens with two attached hydrogens (primary N) is 1. The van der Waals surface area contributed by atoms with Crippen LogP contribution in [0.1, 0.15) is 0 Å². The Hall–Kier alpha value is -1.65. The van der Waals surface area contributed by atoms with E-state index in [0.717, 1.165) is 3.57 Å². The molecule has 0 bridgehead atoms. The summed E-state index contributed by atoms with van der Waals surface area (Å²) in [5.41, 5.74) is 0.462. The Kier molecular flexibility index (Phi) is 5.37. The van der Waals surface area contributed by atoms with Crippen molar-refractivity contribution in [2.24, 2.45) is 5.14 Å². The zero-order valence-corrected chi connectivity index (χ0v) is 14.3. The van der Waals surface area contributed by atoms with Gasteiger partial charge in [0, 0.05) is 5.69 Å². The molecule has 0 saturated carbocycles. The average molecular weight is 432 g/mol. The summed E-state index contributed by atoms with van der Waals surface area (Å²) >= 11 is 2.12. The van der Waals surface area contributed by atoms with Gasteiger partial charge in [-0.05, 0) is 59.0 Å². The first-order chi connectivity index (χ1) is 10.4. The van der Waals surface area contributed by atoms with E-state index in [4.69, 9.17) is 9.88 Å². The first-order valence-corrected chi connectivity index (χ1v) is 8.79. The van der Waals surface area contributed by atoms with Crippen molar-refractivity contribution in [3.8, 4) is 5.75 Å². The number of amides is 1. The van der Waals surface area contributed by atoms with Crippen LogP contribution >= 0.6 is 22.6 Å². The number of sulfonamides is 1. The minimum absolute atomic E-state index is 0.0133. The molecular formula is C14H13IN2O4S. The van der Waals surface area contributed by atoms with Crippen LogP contribution in [-0.4, -0.2) is 20.9 Å². The number of ether oxygens (including phenoxy) is 1. The molecule has 0 atom stereocenters. The van der Waals surface area contributed by atoms with Gasteiger partial charge >= 0.3 is 0 Å². The molecule has 1 amide bonds. The Balaban J connectivity index is 1.94. The van der Waals surface area contributed by atoms with Gasteiger partial charge in [0.05, 0.1) is 8.47 Å². The number of halogens is 1. The number of hydrogen-bond donors (Lipinski definition) is 2. The van der Waals surface area contributed by atoms with Crippen molar-refractivity contribution < 1.29 is 17.9 Å². The van der Waals surface area contributed by atoms with Crippen molar-refractivity contribution in [3.63, 3.8) is 0 Å². The average Bonchev–Trinajstić information content (AvgIpc) is 2.46. The van der Waals surface area contributed by atoms with Gasteiger partial charge in [-0.15, -0.1) is 0 Å². The minimum Gasteiger partial charge on any atom is -0.483 e. The summed E-state index contributed by atoms with van der Waals surface area (Å²) < 4.78 is 28.6. The van der Waals surface area contributed by atoms with Gasteiger partial charge in [0.2, 0.25) is 10.0 Å². The molecule has 0 unspecified atom stereocenters. The van der Waals surface area contributed by atoms with Gasteiger partial charge in [0.15, 0.2) is 6.61 Å². The highest BCUT2D eigenvalue weighted by molar-refractivity contribution is 14.1. The number of hydrogen-bond acceptors (Lipinski definition) is 4. The van der Waals surface area contributed by atoms with Crippen molar-refractivity contribution in [2.45, 2.75) is 4.90 Å². The molecule has 6 nitrogen and oxygen atoms in total. The van der Waals surface area contributed by atoms with Crippen LogP contribution in [0.3, 0.4) is 0 Å². The first kappa shape index (κ1) is 16.7. The maximum atomic E-state index is 11.8. The van der Waals surface area contributed by atoms with Crippen molar-refractivity contribution in [3.05, 3.63) is 52.1 Å². The minimum atomic E-state index is -3.74. The summed E-state index contributed by atoms with van der Waals surface area (Å²) in [7, 11) is -3.74. The third-order valence-electron chi connectivity index (χ3n) is 2.66. The molecule has 0 aromatic heterocycles. The highest BCUT2D eigenvalue weighted by atomic mass is 127. The zero-order valence-electron chi connectivity index (χ0n) is 11.3. The Morgan fingerprint density at radius 2 is 1.77 bits per heavy atom. The van der Waals surface area contributed by atoms with Crippen molar-refractivity contribution in [1.82, 2.24) is 0 Å². The standard InChI is InChI=1S/C14H13IN2O4S/c15-12-3-1-2-4-13(12)21-9-14(18)17-10-5-7-11(8-6-10)22(16,19)20/h1-8H,9H2,(H,17,18)(H2,16,19,20). The lowest BCUT2D eigenvalue weighted by molar-refractivity contribution is -0.118. The quantitative estimate of drug-likeness (QED) is 0.706. The number of carbonyl (C=O) groups excluding carboxylic acids is 1. The predicted octanol–water partition coefficient (Wildman–Crippen LogP) is 1.96. The summed E-state index contributed by atoms with van der Waals surface area (Å²) in [5.74, 6) is 0.283. The maximum absolute atomic E-state index is 11.8. The van der Waals surface area contributed by atoms with Gasteiger partial charge in [0.25, 0.3) is 5.91 Å². The Morgan fingerprint density at radius 3 is 2.36 bits per heavy atom. The molecule has 2 rings (SSSR count). The second-order valence-electron chi connectivity index (χ2n) is 4.34. The molecule has 8 heteroatoms. The second kappa shape index (κ2) is 7.07. The summed E-state index contributed by atoms with van der Waals surface area (Å²) in [6, 6.07) is 12.9. The molecule has 0 heterocycles. The number of rotatable bonds is 5. The summed E-state index contributed by atoms with van der Waals surface area (Å²) in [5, 5.41) is 7.61. The topological polar surface area (TPSA) is 98.5 Å². The molecule has 0 aliphatic heterocycles. The van der Waals surface area contributed by atoms with E-state index in [1.54, 1.807) is 6.07 Å². The van der Waals surface area contributed by atoms with E-state index in [-0.39, 0.29) is 17.4 Å². The van der Waals surface area contributed by atoms with Crippen molar-refractivity contribution >= 4 is 44.2 Å². The highest BCUT2D eigenvalue weighted by Crippen LogP contribution is 2.19. The smallest absolute Gasteiger partial charge is 0.262 e. The maximum Gasteiger partial charge on any atom is 0.262 e. The molecule has 0 fully saturated rings. The van der Waals surface area contributed by atoms with Crippen LogP contribution in [0.5, 0.6) is 5.75 Å². The van der Waals surface area contributed by atoms with Crippen LogP contribution < -0.4 is 15.2 Å². The number of nitrogens with one attached hydrogen (secondary N) is 1. The number of carbonyl (C=O) groups is 1. The van der Waals surface area contributed by atoms with Crippen LogP contribution in [-0.2, 0) is 14.8 Å².